The molecule has 0 bridgehead atoms. The second-order valence-corrected chi connectivity index (χ2v) is 15.7. The molecule has 0 fully saturated rings. The van der Waals surface area contributed by atoms with Crippen molar-refractivity contribution in [3.63, 3.8) is 0 Å². The minimum absolute atomic E-state index is 0.885. The highest BCUT2D eigenvalue weighted by atomic mass is 32.1. The van der Waals surface area contributed by atoms with Gasteiger partial charge in [0.25, 0.3) is 0 Å². The molecule has 5 aromatic heterocycles. The largest absolute Gasteiger partial charge is 0.308 e. The van der Waals surface area contributed by atoms with Crippen LogP contribution >= 0.6 is 11.3 Å². The summed E-state index contributed by atoms with van der Waals surface area (Å²) in [5, 5.41) is 6.06. The van der Waals surface area contributed by atoms with Gasteiger partial charge in [0.2, 0.25) is 0 Å². The molecular formula is C52H32N4S. The zero-order chi connectivity index (χ0) is 37.5. The Kier molecular flexibility index (Phi) is 7.06. The lowest BCUT2D eigenvalue weighted by atomic mass is 10.0. The second-order valence-electron chi connectivity index (χ2n) is 14.6. The molecule has 0 aliphatic rings. The van der Waals surface area contributed by atoms with Crippen LogP contribution < -0.4 is 0 Å². The molecule has 12 rings (SSSR count). The van der Waals surface area contributed by atoms with Gasteiger partial charge in [-0.3, -0.25) is 4.57 Å². The molecule has 0 saturated carbocycles. The average molecular weight is 745 g/mol. The lowest BCUT2D eigenvalue weighted by Gasteiger charge is -2.13. The van der Waals surface area contributed by atoms with Crippen molar-refractivity contribution in [1.82, 2.24) is 19.1 Å². The molecule has 5 heteroatoms. The van der Waals surface area contributed by atoms with Crippen molar-refractivity contribution in [1.29, 1.82) is 0 Å². The molecule has 7 aromatic carbocycles. The van der Waals surface area contributed by atoms with Gasteiger partial charge in [-0.05, 0) is 77.9 Å². The third-order valence-electron chi connectivity index (χ3n) is 11.3. The Morgan fingerprint density at radius 3 is 1.77 bits per heavy atom. The number of aromatic nitrogens is 4. The Morgan fingerprint density at radius 1 is 0.333 bits per heavy atom. The van der Waals surface area contributed by atoms with E-state index < -0.39 is 0 Å². The Balaban J connectivity index is 1.12. The number of nitrogens with zero attached hydrogens (tertiary/aromatic N) is 4. The molecule has 57 heavy (non-hydrogen) atoms. The van der Waals surface area contributed by atoms with E-state index in [4.69, 9.17) is 9.97 Å². The fraction of sp³-hybridized carbons (Fsp3) is 0. The van der Waals surface area contributed by atoms with Gasteiger partial charge in [0.15, 0.2) is 0 Å². The van der Waals surface area contributed by atoms with E-state index >= 15 is 0 Å². The molecule has 0 unspecified atom stereocenters. The maximum atomic E-state index is 5.38. The zero-order valence-corrected chi connectivity index (χ0v) is 31.5. The number of thiophene rings is 1. The van der Waals surface area contributed by atoms with Crippen molar-refractivity contribution in [2.24, 2.45) is 0 Å². The number of hydrogen-bond acceptors (Lipinski definition) is 3. The summed E-state index contributed by atoms with van der Waals surface area (Å²) >= 11 is 1.85. The van der Waals surface area contributed by atoms with Crippen LogP contribution in [0.3, 0.4) is 0 Å². The maximum Gasteiger partial charge on any atom is 0.138 e. The third-order valence-corrected chi connectivity index (χ3v) is 12.4. The summed E-state index contributed by atoms with van der Waals surface area (Å²) in [7, 11) is 0. The van der Waals surface area contributed by atoms with Crippen LogP contribution in [0.1, 0.15) is 0 Å². The fourth-order valence-corrected chi connectivity index (χ4v) is 9.80. The highest BCUT2D eigenvalue weighted by Gasteiger charge is 2.20. The molecule has 0 amide bonds. The number of benzene rings is 7. The molecule has 266 valence electrons. The summed E-state index contributed by atoms with van der Waals surface area (Å²) in [6.07, 6.45) is 0. The van der Waals surface area contributed by atoms with Crippen LogP contribution in [0.2, 0.25) is 0 Å². The van der Waals surface area contributed by atoms with E-state index in [0.29, 0.717) is 0 Å². The first-order valence-electron chi connectivity index (χ1n) is 19.2. The van der Waals surface area contributed by atoms with Crippen molar-refractivity contribution in [2.75, 3.05) is 0 Å². The van der Waals surface area contributed by atoms with Crippen molar-refractivity contribution in [3.05, 3.63) is 194 Å². The summed E-state index contributed by atoms with van der Waals surface area (Å²) in [4.78, 5) is 10.7. The van der Waals surface area contributed by atoms with Gasteiger partial charge < -0.3 is 4.57 Å². The highest BCUT2D eigenvalue weighted by molar-refractivity contribution is 7.25. The van der Waals surface area contributed by atoms with Gasteiger partial charge >= 0.3 is 0 Å². The topological polar surface area (TPSA) is 35.6 Å². The Morgan fingerprint density at radius 2 is 0.982 bits per heavy atom. The predicted molar refractivity (Wildman–Crippen MR) is 240 cm³/mol. The van der Waals surface area contributed by atoms with E-state index in [1.165, 1.54) is 30.9 Å². The third kappa shape index (κ3) is 5.06. The maximum absolute atomic E-state index is 5.38. The Hall–Kier alpha value is -7.34. The van der Waals surface area contributed by atoms with Crippen molar-refractivity contribution in [2.45, 2.75) is 0 Å². The van der Waals surface area contributed by atoms with E-state index in [2.05, 4.69) is 203 Å². The summed E-state index contributed by atoms with van der Waals surface area (Å²) in [5.41, 5.74) is 12.9. The van der Waals surface area contributed by atoms with Gasteiger partial charge in [-0.2, -0.15) is 0 Å². The summed E-state index contributed by atoms with van der Waals surface area (Å²) < 4.78 is 7.30. The Bertz CT molecular complexity index is 3450. The fourth-order valence-electron chi connectivity index (χ4n) is 8.67. The number of hydrogen-bond donors (Lipinski definition) is 0. The molecule has 12 aromatic rings. The van der Waals surface area contributed by atoms with Gasteiger partial charge in [-0.25, -0.2) is 9.97 Å². The first kappa shape index (κ1) is 32.0. The molecule has 0 N–H and O–H groups in total. The van der Waals surface area contributed by atoms with E-state index in [9.17, 15) is 0 Å². The molecular weight excluding hydrogens is 713 g/mol. The highest BCUT2D eigenvalue weighted by Crippen LogP contribution is 2.42. The van der Waals surface area contributed by atoms with Crippen molar-refractivity contribution >= 4 is 75.3 Å². The van der Waals surface area contributed by atoms with Gasteiger partial charge in [0, 0.05) is 53.1 Å². The molecule has 0 spiro atoms. The van der Waals surface area contributed by atoms with Crippen LogP contribution in [0, 0.1) is 0 Å². The molecule has 0 radical (unpaired) electrons. The van der Waals surface area contributed by atoms with Gasteiger partial charge in [-0.1, -0.05) is 127 Å². The SMILES string of the molecule is c1ccc(-c2cc(-c3ccccc3)nc(-n3c4ccccc4c4cc(-n5c6cc7sc8ccccc8c7cc6c6nc(-c7ccccc7)ccc65)ccc43)c2)cc1. The van der Waals surface area contributed by atoms with Crippen LogP contribution in [-0.4, -0.2) is 19.1 Å². The number of rotatable bonds is 5. The molecule has 4 nitrogen and oxygen atoms in total. The normalized spacial score (nSPS) is 11.9. The van der Waals surface area contributed by atoms with Gasteiger partial charge in [0.1, 0.15) is 5.82 Å². The number of fused-ring (bicyclic) bond motifs is 9. The zero-order valence-electron chi connectivity index (χ0n) is 30.7. The van der Waals surface area contributed by atoms with E-state index in [1.54, 1.807) is 0 Å². The lowest BCUT2D eigenvalue weighted by Crippen LogP contribution is -2.00. The second kappa shape index (κ2) is 12.6. The minimum atomic E-state index is 0.885. The Labute approximate surface area is 332 Å². The van der Waals surface area contributed by atoms with E-state index in [0.717, 1.165) is 78.1 Å². The monoisotopic (exact) mass is 744 g/mol. The van der Waals surface area contributed by atoms with E-state index in [1.807, 2.05) is 11.3 Å². The number of para-hydroxylation sites is 1. The first-order valence-corrected chi connectivity index (χ1v) is 20.1. The van der Waals surface area contributed by atoms with Gasteiger partial charge in [-0.15, -0.1) is 11.3 Å². The molecule has 5 heterocycles. The van der Waals surface area contributed by atoms with Crippen LogP contribution in [0.4, 0.5) is 0 Å². The molecule has 0 saturated heterocycles. The predicted octanol–water partition coefficient (Wildman–Crippen LogP) is 14.0. The van der Waals surface area contributed by atoms with Crippen LogP contribution in [-0.2, 0) is 0 Å². The average Bonchev–Trinajstić information content (AvgIpc) is 3.93. The molecule has 0 atom stereocenters. The van der Waals surface area contributed by atoms with E-state index in [-0.39, 0.29) is 0 Å². The van der Waals surface area contributed by atoms with Crippen molar-refractivity contribution < 1.29 is 0 Å². The van der Waals surface area contributed by atoms with Crippen molar-refractivity contribution in [3.8, 4) is 45.1 Å². The summed E-state index contributed by atoms with van der Waals surface area (Å²) in [6, 6.07) is 69.4. The summed E-state index contributed by atoms with van der Waals surface area (Å²) in [5.74, 6) is 0.885. The quantitative estimate of drug-likeness (QED) is 0.176. The summed E-state index contributed by atoms with van der Waals surface area (Å²) in [6.45, 7) is 0. The van der Waals surface area contributed by atoms with Crippen LogP contribution in [0.5, 0.6) is 0 Å². The first-order chi connectivity index (χ1) is 28.2. The molecule has 0 aliphatic heterocycles. The standard InChI is InChI=1S/C52H32N4S/c1-4-14-33(15-5-1)36-28-44(35-18-8-3-9-19-35)53-51(29-36)56-45-22-12-10-20-38(45)40-30-37(24-26-46(40)56)55-47-27-25-43(34-16-6-2-7-17-34)54-52(47)42-31-41-39-21-11-13-23-49(39)57-50(41)32-48(42)55/h1-32H. The smallest absolute Gasteiger partial charge is 0.138 e. The lowest BCUT2D eigenvalue weighted by molar-refractivity contribution is 1.08. The van der Waals surface area contributed by atoms with Gasteiger partial charge in [0.05, 0.1) is 39.0 Å². The van der Waals surface area contributed by atoms with Crippen LogP contribution in [0.15, 0.2) is 194 Å². The number of pyridine rings is 2. The minimum Gasteiger partial charge on any atom is -0.308 e. The molecule has 0 aliphatic carbocycles. The van der Waals surface area contributed by atoms with Crippen LogP contribution in [0.25, 0.3) is 109 Å².